The molecule has 1 aromatic rings. The monoisotopic (exact) mass is 358 g/mol. The van der Waals surface area contributed by atoms with Gasteiger partial charge in [0.2, 0.25) is 0 Å². The summed E-state index contributed by atoms with van der Waals surface area (Å²) in [6.07, 6.45) is 4.25. The van der Waals surface area contributed by atoms with Crippen LogP contribution < -0.4 is 4.74 Å². The van der Waals surface area contributed by atoms with E-state index in [4.69, 9.17) is 14.6 Å². The number of nitrogens with zero attached hydrogens (tertiary/aromatic N) is 2. The minimum Gasteiger partial charge on any atom is -0.489 e. The van der Waals surface area contributed by atoms with E-state index < -0.39 is 0 Å². The predicted octanol–water partition coefficient (Wildman–Crippen LogP) is 2.34. The van der Waals surface area contributed by atoms with Gasteiger partial charge in [-0.2, -0.15) is 0 Å². The van der Waals surface area contributed by atoms with Gasteiger partial charge in [0, 0.05) is 26.2 Å². The topological polar surface area (TPSA) is 71.4 Å². The van der Waals surface area contributed by atoms with Crippen LogP contribution in [-0.4, -0.2) is 55.0 Å². The van der Waals surface area contributed by atoms with E-state index in [9.17, 15) is 4.79 Å². The summed E-state index contributed by atoms with van der Waals surface area (Å²) in [5.41, 5.74) is 1.72. The van der Waals surface area contributed by atoms with Crippen molar-refractivity contribution >= 4 is 12.1 Å². The molecule has 0 bridgehead atoms. The molecule has 1 N–H and O–H groups in total. The van der Waals surface area contributed by atoms with Crippen LogP contribution in [0.1, 0.15) is 18.9 Å². The number of allylic oxidation sites excluding steroid dienone is 2. The molecule has 6 nitrogen and oxygen atoms in total. The Balaban J connectivity index is 1.78. The number of carbonyl (C=O) groups excluding carboxylic acids is 1. The number of likely N-dealkylation sites (tertiary alicyclic amines) is 1. The van der Waals surface area contributed by atoms with Gasteiger partial charge in [0.25, 0.3) is 5.91 Å². The Hall–Kier alpha value is -2.60. The first-order chi connectivity index (χ1) is 12.5. The molecule has 6 heteroatoms. The summed E-state index contributed by atoms with van der Waals surface area (Å²) in [4.78, 5) is 17.9. The van der Waals surface area contributed by atoms with Crippen molar-refractivity contribution in [1.82, 2.24) is 4.90 Å². The molecule has 0 radical (unpaired) electrons. The maximum Gasteiger partial charge on any atom is 0.260 e. The molecule has 1 aliphatic rings. The third-order valence-corrected chi connectivity index (χ3v) is 4.19. The van der Waals surface area contributed by atoms with E-state index in [1.165, 1.54) is 0 Å². The van der Waals surface area contributed by atoms with E-state index in [0.29, 0.717) is 24.6 Å². The van der Waals surface area contributed by atoms with Crippen LogP contribution in [0.2, 0.25) is 0 Å². The standard InChI is InChI=1S/C20H26N2O4/c1-15(8-10-21-3)16(2)26-19-9-11-22(12-19)20(24)14-25-18-6-4-17(13-23)5-7-18/h4-8,10,19,23H,2,9,11-14H2,1,3H3/b15-8-,21-10?. The van der Waals surface area contributed by atoms with Crippen molar-refractivity contribution in [2.45, 2.75) is 26.1 Å². The lowest BCUT2D eigenvalue weighted by atomic mass is 10.2. The number of ether oxygens (including phenoxy) is 2. The highest BCUT2D eigenvalue weighted by Gasteiger charge is 2.28. The predicted molar refractivity (Wildman–Crippen MR) is 101 cm³/mol. The van der Waals surface area contributed by atoms with E-state index >= 15 is 0 Å². The van der Waals surface area contributed by atoms with Crippen molar-refractivity contribution in [3.63, 3.8) is 0 Å². The second kappa shape index (κ2) is 9.77. The molecule has 140 valence electrons. The Bertz CT molecular complexity index is 680. The van der Waals surface area contributed by atoms with Crippen LogP contribution in [0.25, 0.3) is 0 Å². The highest BCUT2D eigenvalue weighted by molar-refractivity contribution is 5.78. The largest absolute Gasteiger partial charge is 0.489 e. The Kier molecular flexibility index (Phi) is 7.41. The van der Waals surface area contributed by atoms with Gasteiger partial charge < -0.3 is 19.5 Å². The molecule has 2 rings (SSSR count). The zero-order valence-corrected chi connectivity index (χ0v) is 15.4. The third kappa shape index (κ3) is 5.74. The second-order valence-electron chi connectivity index (χ2n) is 6.14. The van der Waals surface area contributed by atoms with Gasteiger partial charge >= 0.3 is 0 Å². The molecule has 1 aliphatic heterocycles. The maximum absolute atomic E-state index is 12.3. The molecular formula is C20H26N2O4. The lowest BCUT2D eigenvalue weighted by Crippen LogP contribution is -2.34. The summed E-state index contributed by atoms with van der Waals surface area (Å²) in [5.74, 6) is 1.14. The highest BCUT2D eigenvalue weighted by Crippen LogP contribution is 2.19. The fourth-order valence-electron chi connectivity index (χ4n) is 2.55. The fraction of sp³-hybridized carbons (Fsp3) is 0.400. The number of hydrogen-bond acceptors (Lipinski definition) is 5. The number of carbonyl (C=O) groups is 1. The normalized spacial score (nSPS) is 17.6. The Morgan fingerprint density at radius 2 is 2.15 bits per heavy atom. The van der Waals surface area contributed by atoms with E-state index in [1.807, 2.05) is 13.0 Å². The molecule has 1 amide bonds. The maximum atomic E-state index is 12.3. The summed E-state index contributed by atoms with van der Waals surface area (Å²) in [5, 5.41) is 9.02. The smallest absolute Gasteiger partial charge is 0.260 e. The van der Waals surface area contributed by atoms with Crippen LogP contribution in [0.5, 0.6) is 5.75 Å². The molecule has 0 spiro atoms. The molecule has 1 unspecified atom stereocenters. The third-order valence-electron chi connectivity index (χ3n) is 4.19. The molecule has 0 aliphatic carbocycles. The van der Waals surface area contributed by atoms with Gasteiger partial charge in [-0.1, -0.05) is 18.7 Å². The molecular weight excluding hydrogens is 332 g/mol. The highest BCUT2D eigenvalue weighted by atomic mass is 16.5. The first-order valence-electron chi connectivity index (χ1n) is 8.58. The molecule has 26 heavy (non-hydrogen) atoms. The van der Waals surface area contributed by atoms with E-state index in [0.717, 1.165) is 17.6 Å². The first kappa shape index (κ1) is 19.7. The van der Waals surface area contributed by atoms with Crippen LogP contribution in [0.15, 0.2) is 53.2 Å². The summed E-state index contributed by atoms with van der Waals surface area (Å²) in [6.45, 7) is 6.99. The van der Waals surface area contributed by atoms with Crippen LogP contribution in [-0.2, 0) is 16.1 Å². The number of aliphatic hydroxyl groups excluding tert-OH is 1. The molecule has 1 saturated heterocycles. The molecule has 1 fully saturated rings. The molecule has 0 saturated carbocycles. The van der Waals surface area contributed by atoms with Gasteiger partial charge in [0.05, 0.1) is 13.2 Å². The molecule has 1 aromatic carbocycles. The summed E-state index contributed by atoms with van der Waals surface area (Å²) in [6, 6.07) is 7.02. The Morgan fingerprint density at radius 3 is 2.81 bits per heavy atom. The van der Waals surface area contributed by atoms with Crippen LogP contribution in [0.4, 0.5) is 0 Å². The van der Waals surface area contributed by atoms with E-state index in [2.05, 4.69) is 11.6 Å². The van der Waals surface area contributed by atoms with Crippen molar-refractivity contribution in [3.05, 3.63) is 53.8 Å². The Morgan fingerprint density at radius 1 is 1.42 bits per heavy atom. The zero-order valence-electron chi connectivity index (χ0n) is 15.4. The molecule has 1 atom stereocenters. The van der Waals surface area contributed by atoms with E-state index in [-0.39, 0.29) is 25.2 Å². The van der Waals surface area contributed by atoms with Gasteiger partial charge in [-0.05, 0) is 36.3 Å². The van der Waals surface area contributed by atoms with Gasteiger partial charge in [0.1, 0.15) is 17.6 Å². The lowest BCUT2D eigenvalue weighted by molar-refractivity contribution is -0.132. The van der Waals surface area contributed by atoms with Crippen LogP contribution >= 0.6 is 0 Å². The molecule has 0 aromatic heterocycles. The number of aliphatic imine (C=N–C) groups is 1. The average Bonchev–Trinajstić information content (AvgIpc) is 3.13. The van der Waals surface area contributed by atoms with Crippen LogP contribution in [0, 0.1) is 0 Å². The first-order valence-corrected chi connectivity index (χ1v) is 8.58. The number of rotatable bonds is 8. The average molecular weight is 358 g/mol. The lowest BCUT2D eigenvalue weighted by Gasteiger charge is -2.18. The number of benzene rings is 1. The minimum absolute atomic E-state index is 0.0143. The quantitative estimate of drug-likeness (QED) is 0.440. The van der Waals surface area contributed by atoms with Gasteiger partial charge in [-0.3, -0.25) is 9.79 Å². The van der Waals surface area contributed by atoms with Gasteiger partial charge in [-0.15, -0.1) is 0 Å². The number of aliphatic hydroxyl groups is 1. The van der Waals surface area contributed by atoms with Crippen molar-refractivity contribution in [3.8, 4) is 5.75 Å². The van der Waals surface area contributed by atoms with Crippen molar-refractivity contribution in [1.29, 1.82) is 0 Å². The number of amides is 1. The zero-order chi connectivity index (χ0) is 18.9. The summed E-state index contributed by atoms with van der Waals surface area (Å²) in [7, 11) is 1.71. The molecule has 1 heterocycles. The summed E-state index contributed by atoms with van der Waals surface area (Å²) < 4.78 is 11.4. The van der Waals surface area contributed by atoms with Gasteiger partial charge in [0.15, 0.2) is 6.61 Å². The van der Waals surface area contributed by atoms with Gasteiger partial charge in [-0.25, -0.2) is 0 Å². The van der Waals surface area contributed by atoms with E-state index in [1.54, 1.807) is 42.4 Å². The van der Waals surface area contributed by atoms with Crippen molar-refractivity contribution in [2.24, 2.45) is 4.99 Å². The summed E-state index contributed by atoms with van der Waals surface area (Å²) >= 11 is 0. The number of hydrogen-bond donors (Lipinski definition) is 1. The van der Waals surface area contributed by atoms with Crippen LogP contribution in [0.3, 0.4) is 0 Å². The Labute approximate surface area is 154 Å². The SMILES string of the molecule is C=C(OC1CCN(C(=O)COc2ccc(CO)cc2)C1)/C(C)=C\C=NC. The van der Waals surface area contributed by atoms with Crippen molar-refractivity contribution < 1.29 is 19.4 Å². The fourth-order valence-corrected chi connectivity index (χ4v) is 2.55. The second-order valence-corrected chi connectivity index (χ2v) is 6.14. The van der Waals surface area contributed by atoms with Crippen molar-refractivity contribution in [2.75, 3.05) is 26.7 Å². The minimum atomic E-state index is -0.0710.